The first-order valence-electron chi connectivity index (χ1n) is 14.1. The summed E-state index contributed by atoms with van der Waals surface area (Å²) in [4.78, 5) is 7.31. The fourth-order valence-electron chi connectivity index (χ4n) is 5.78. The van der Waals surface area contributed by atoms with Gasteiger partial charge in [-0.3, -0.25) is 4.90 Å². The number of benzene rings is 2. The first-order chi connectivity index (χ1) is 18.2. The van der Waals surface area contributed by atoms with E-state index in [1.54, 1.807) is 12.1 Å². The predicted molar refractivity (Wildman–Crippen MR) is 145 cm³/mol. The summed E-state index contributed by atoms with van der Waals surface area (Å²) >= 11 is 0. The summed E-state index contributed by atoms with van der Waals surface area (Å²) in [7, 11) is 0. The Kier molecular flexibility index (Phi) is 8.77. The Morgan fingerprint density at radius 3 is 2.70 bits per heavy atom. The van der Waals surface area contributed by atoms with Gasteiger partial charge in [-0.15, -0.1) is 0 Å². The molecule has 2 aliphatic rings. The van der Waals surface area contributed by atoms with Crippen molar-refractivity contribution in [3.05, 3.63) is 65.7 Å². The minimum absolute atomic E-state index is 0.226. The molecule has 0 bridgehead atoms. The highest BCUT2D eigenvalue weighted by molar-refractivity contribution is 5.56. The van der Waals surface area contributed by atoms with Crippen molar-refractivity contribution in [2.24, 2.45) is 5.92 Å². The molecular formula is C31H40FN3O2. The first kappa shape index (κ1) is 25.8. The summed E-state index contributed by atoms with van der Waals surface area (Å²) in [5, 5.41) is 0. The maximum absolute atomic E-state index is 14.0. The molecule has 5 rings (SSSR count). The van der Waals surface area contributed by atoms with Crippen molar-refractivity contribution in [3.63, 3.8) is 0 Å². The molecule has 1 saturated carbocycles. The van der Waals surface area contributed by atoms with E-state index in [9.17, 15) is 4.39 Å². The number of rotatable bonds is 12. The van der Waals surface area contributed by atoms with Gasteiger partial charge in [0, 0.05) is 25.2 Å². The summed E-state index contributed by atoms with van der Waals surface area (Å²) in [6.45, 7) is 6.08. The van der Waals surface area contributed by atoms with Gasteiger partial charge in [0.25, 0.3) is 0 Å². The van der Waals surface area contributed by atoms with Crippen LogP contribution in [0.15, 0.2) is 48.7 Å². The molecule has 0 amide bonds. The molecule has 6 heteroatoms. The van der Waals surface area contributed by atoms with E-state index < -0.39 is 0 Å². The highest BCUT2D eigenvalue weighted by Crippen LogP contribution is 2.33. The van der Waals surface area contributed by atoms with Gasteiger partial charge in [0.2, 0.25) is 6.79 Å². The largest absolute Gasteiger partial charge is 0.454 e. The van der Waals surface area contributed by atoms with Crippen LogP contribution in [0.3, 0.4) is 0 Å². The van der Waals surface area contributed by atoms with Crippen LogP contribution in [0.5, 0.6) is 11.5 Å². The molecule has 1 aliphatic carbocycles. The normalized spacial score (nSPS) is 15.5. The van der Waals surface area contributed by atoms with Crippen molar-refractivity contribution in [2.75, 3.05) is 13.3 Å². The average Bonchev–Trinajstić information content (AvgIpc) is 3.54. The second-order valence-electron chi connectivity index (χ2n) is 10.6. The van der Waals surface area contributed by atoms with Crippen LogP contribution in [0.1, 0.15) is 76.0 Å². The quantitative estimate of drug-likeness (QED) is 0.254. The Bertz CT molecular complexity index is 1160. The van der Waals surface area contributed by atoms with Crippen molar-refractivity contribution < 1.29 is 13.9 Å². The Morgan fingerprint density at radius 1 is 1.00 bits per heavy atom. The molecule has 0 atom stereocenters. The molecule has 3 aromatic rings. The highest BCUT2D eigenvalue weighted by atomic mass is 19.1. The van der Waals surface area contributed by atoms with E-state index in [-0.39, 0.29) is 5.82 Å². The molecule has 0 unspecified atom stereocenters. The van der Waals surface area contributed by atoms with E-state index in [0.29, 0.717) is 6.79 Å². The van der Waals surface area contributed by atoms with Gasteiger partial charge in [0.05, 0.1) is 11.9 Å². The zero-order valence-corrected chi connectivity index (χ0v) is 22.1. The van der Waals surface area contributed by atoms with Crippen LogP contribution in [0.25, 0.3) is 11.4 Å². The maximum atomic E-state index is 14.0. The standard InChI is InChI=1S/C31H40FN3O2/c1-2-3-17-35-28(20-33-31(35)26-12-7-13-27(32)19-26)22-34(16-8-11-24-9-5-4-6-10-24)21-25-14-15-29-30(18-25)37-23-36-29/h7,12-15,18-20,24H,2-6,8-11,16-17,21-23H2,1H3. The lowest BCUT2D eigenvalue weighted by Gasteiger charge is -2.26. The van der Waals surface area contributed by atoms with Gasteiger partial charge < -0.3 is 14.0 Å². The number of halogens is 1. The number of ether oxygens (including phenoxy) is 2. The molecule has 0 N–H and O–H groups in total. The van der Waals surface area contributed by atoms with Gasteiger partial charge in [0.15, 0.2) is 11.5 Å². The molecule has 0 radical (unpaired) electrons. The topological polar surface area (TPSA) is 39.5 Å². The summed E-state index contributed by atoms with van der Waals surface area (Å²) < 4.78 is 27.5. The fraction of sp³-hybridized carbons (Fsp3) is 0.516. The van der Waals surface area contributed by atoms with Crippen LogP contribution in [-0.2, 0) is 19.6 Å². The third kappa shape index (κ3) is 6.72. The molecule has 198 valence electrons. The number of hydrogen-bond acceptors (Lipinski definition) is 4. The molecule has 5 nitrogen and oxygen atoms in total. The zero-order chi connectivity index (χ0) is 25.5. The number of aromatic nitrogens is 2. The number of fused-ring (bicyclic) bond motifs is 1. The van der Waals surface area contributed by atoms with E-state index in [1.807, 2.05) is 18.3 Å². The average molecular weight is 506 g/mol. The van der Waals surface area contributed by atoms with Crippen molar-refractivity contribution in [1.29, 1.82) is 0 Å². The van der Waals surface area contributed by atoms with Crippen LogP contribution >= 0.6 is 0 Å². The van der Waals surface area contributed by atoms with Crippen LogP contribution in [0.4, 0.5) is 4.39 Å². The third-order valence-corrected chi connectivity index (χ3v) is 7.80. The second-order valence-corrected chi connectivity index (χ2v) is 10.6. The smallest absolute Gasteiger partial charge is 0.231 e. The van der Waals surface area contributed by atoms with E-state index in [1.165, 1.54) is 62.3 Å². The van der Waals surface area contributed by atoms with E-state index in [4.69, 9.17) is 14.5 Å². The molecule has 0 spiro atoms. The molecule has 0 saturated heterocycles. The number of hydrogen-bond donors (Lipinski definition) is 0. The highest BCUT2D eigenvalue weighted by Gasteiger charge is 2.19. The second kappa shape index (κ2) is 12.6. The maximum Gasteiger partial charge on any atom is 0.231 e. The van der Waals surface area contributed by atoms with Gasteiger partial charge in [-0.25, -0.2) is 9.37 Å². The fourth-order valence-corrected chi connectivity index (χ4v) is 5.78. The molecule has 2 aromatic carbocycles. The Labute approximate surface area is 220 Å². The minimum atomic E-state index is -0.226. The van der Waals surface area contributed by atoms with Crippen LogP contribution in [0.2, 0.25) is 0 Å². The lowest BCUT2D eigenvalue weighted by atomic mass is 9.86. The predicted octanol–water partition coefficient (Wildman–Crippen LogP) is 7.58. The SMILES string of the molecule is CCCCn1c(CN(CCCC2CCCCC2)Cc2ccc3c(c2)OCO3)cnc1-c1cccc(F)c1. The van der Waals surface area contributed by atoms with E-state index in [0.717, 1.165) is 67.8 Å². The Balaban J connectivity index is 1.35. The summed E-state index contributed by atoms with van der Waals surface area (Å²) in [5.74, 6) is 3.17. The minimum Gasteiger partial charge on any atom is -0.454 e. The molecule has 1 aliphatic heterocycles. The van der Waals surface area contributed by atoms with Gasteiger partial charge >= 0.3 is 0 Å². The molecule has 1 fully saturated rings. The zero-order valence-electron chi connectivity index (χ0n) is 22.1. The molecule has 1 aromatic heterocycles. The monoisotopic (exact) mass is 505 g/mol. The Hall–Kier alpha value is -2.86. The summed E-state index contributed by atoms with van der Waals surface area (Å²) in [5.41, 5.74) is 3.25. The lowest BCUT2D eigenvalue weighted by Crippen LogP contribution is -2.26. The number of nitrogens with zero attached hydrogens (tertiary/aromatic N) is 3. The van der Waals surface area contributed by atoms with Crippen LogP contribution in [0, 0.1) is 11.7 Å². The van der Waals surface area contributed by atoms with Gasteiger partial charge in [0.1, 0.15) is 11.6 Å². The van der Waals surface area contributed by atoms with Gasteiger partial charge in [-0.05, 0) is 61.6 Å². The van der Waals surface area contributed by atoms with Crippen molar-refractivity contribution in [1.82, 2.24) is 14.5 Å². The molecular weight excluding hydrogens is 465 g/mol. The van der Waals surface area contributed by atoms with Gasteiger partial charge in [-0.1, -0.05) is 63.6 Å². The van der Waals surface area contributed by atoms with Crippen LogP contribution in [-0.4, -0.2) is 27.8 Å². The van der Waals surface area contributed by atoms with E-state index in [2.05, 4.69) is 28.5 Å². The van der Waals surface area contributed by atoms with Gasteiger partial charge in [-0.2, -0.15) is 0 Å². The van der Waals surface area contributed by atoms with Crippen molar-refractivity contribution in [2.45, 2.75) is 84.3 Å². The Morgan fingerprint density at radius 2 is 1.86 bits per heavy atom. The number of imidazole rings is 1. The lowest BCUT2D eigenvalue weighted by molar-refractivity contribution is 0.174. The van der Waals surface area contributed by atoms with Crippen molar-refractivity contribution in [3.8, 4) is 22.9 Å². The van der Waals surface area contributed by atoms with Crippen molar-refractivity contribution >= 4 is 0 Å². The summed E-state index contributed by atoms with van der Waals surface area (Å²) in [6, 6.07) is 13.1. The van der Waals surface area contributed by atoms with Crippen LogP contribution < -0.4 is 9.47 Å². The van der Waals surface area contributed by atoms with E-state index >= 15 is 0 Å². The first-order valence-corrected chi connectivity index (χ1v) is 14.1. The third-order valence-electron chi connectivity index (χ3n) is 7.80. The molecule has 37 heavy (non-hydrogen) atoms. The summed E-state index contributed by atoms with van der Waals surface area (Å²) in [6.07, 6.45) is 13.6. The number of unbranched alkanes of at least 4 members (excludes halogenated alkanes) is 1. The molecule has 2 heterocycles.